The van der Waals surface area contributed by atoms with Gasteiger partial charge in [0.05, 0.1) is 6.20 Å². The quantitative estimate of drug-likeness (QED) is 0.854. The summed E-state index contributed by atoms with van der Waals surface area (Å²) in [4.78, 5) is 0. The SMILES string of the molecule is N#Cc1cn[nH]c1NCc1ccc2c(c1)OCO2. The van der Waals surface area contributed by atoms with Crippen LogP contribution in [0.3, 0.4) is 0 Å². The van der Waals surface area contributed by atoms with Gasteiger partial charge in [-0.25, -0.2) is 0 Å². The highest BCUT2D eigenvalue weighted by Crippen LogP contribution is 2.32. The summed E-state index contributed by atoms with van der Waals surface area (Å²) in [7, 11) is 0. The first-order valence-corrected chi connectivity index (χ1v) is 5.42. The van der Waals surface area contributed by atoms with E-state index in [4.69, 9.17) is 14.7 Å². The van der Waals surface area contributed by atoms with Crippen LogP contribution in [0, 0.1) is 11.3 Å². The van der Waals surface area contributed by atoms with Crippen LogP contribution in [-0.4, -0.2) is 17.0 Å². The van der Waals surface area contributed by atoms with Crippen LogP contribution in [0.5, 0.6) is 11.5 Å². The third-order valence-corrected chi connectivity index (χ3v) is 2.67. The number of aromatic amines is 1. The van der Waals surface area contributed by atoms with Crippen LogP contribution in [0.1, 0.15) is 11.1 Å². The van der Waals surface area contributed by atoms with E-state index in [0.717, 1.165) is 17.1 Å². The Kier molecular flexibility index (Phi) is 2.50. The second-order valence-corrected chi connectivity index (χ2v) is 3.81. The van der Waals surface area contributed by atoms with Crippen LogP contribution in [-0.2, 0) is 6.54 Å². The Bertz CT molecular complexity index is 615. The van der Waals surface area contributed by atoms with Gasteiger partial charge in [0.2, 0.25) is 6.79 Å². The fraction of sp³-hybridized carbons (Fsp3) is 0.167. The zero-order valence-corrected chi connectivity index (χ0v) is 9.43. The number of fused-ring (bicyclic) bond motifs is 1. The van der Waals surface area contributed by atoms with E-state index >= 15 is 0 Å². The van der Waals surface area contributed by atoms with E-state index in [1.165, 1.54) is 6.20 Å². The molecule has 3 rings (SSSR count). The molecule has 0 amide bonds. The van der Waals surface area contributed by atoms with E-state index in [0.29, 0.717) is 17.9 Å². The molecule has 0 aliphatic carbocycles. The van der Waals surface area contributed by atoms with E-state index in [-0.39, 0.29) is 6.79 Å². The van der Waals surface area contributed by atoms with Crippen molar-refractivity contribution in [1.82, 2.24) is 10.2 Å². The van der Waals surface area contributed by atoms with Gasteiger partial charge in [0.25, 0.3) is 0 Å². The smallest absolute Gasteiger partial charge is 0.231 e. The molecule has 2 heterocycles. The van der Waals surface area contributed by atoms with Crippen molar-refractivity contribution in [3.63, 3.8) is 0 Å². The minimum atomic E-state index is 0.269. The molecule has 1 aliphatic heterocycles. The molecule has 0 unspecified atom stereocenters. The van der Waals surface area contributed by atoms with Crippen molar-refractivity contribution in [2.45, 2.75) is 6.54 Å². The molecular weight excluding hydrogens is 232 g/mol. The molecule has 6 nitrogen and oxygen atoms in total. The Morgan fingerprint density at radius 2 is 2.28 bits per heavy atom. The van der Waals surface area contributed by atoms with E-state index in [1.54, 1.807) is 0 Å². The molecule has 0 bridgehead atoms. The highest BCUT2D eigenvalue weighted by atomic mass is 16.7. The van der Waals surface area contributed by atoms with Crippen molar-refractivity contribution in [3.05, 3.63) is 35.5 Å². The molecule has 1 aliphatic rings. The fourth-order valence-corrected chi connectivity index (χ4v) is 1.75. The van der Waals surface area contributed by atoms with Crippen LogP contribution in [0.25, 0.3) is 0 Å². The molecule has 6 heteroatoms. The molecule has 2 N–H and O–H groups in total. The molecule has 0 saturated carbocycles. The molecule has 2 aromatic rings. The van der Waals surface area contributed by atoms with E-state index in [9.17, 15) is 0 Å². The maximum atomic E-state index is 8.84. The number of ether oxygens (including phenoxy) is 2. The lowest BCUT2D eigenvalue weighted by Gasteiger charge is -2.05. The van der Waals surface area contributed by atoms with Crippen molar-refractivity contribution in [2.75, 3.05) is 12.1 Å². The lowest BCUT2D eigenvalue weighted by atomic mass is 10.2. The van der Waals surface area contributed by atoms with Crippen molar-refractivity contribution in [2.24, 2.45) is 0 Å². The number of rotatable bonds is 3. The third kappa shape index (κ3) is 1.82. The van der Waals surface area contributed by atoms with Crippen LogP contribution >= 0.6 is 0 Å². The number of nitriles is 1. The summed E-state index contributed by atoms with van der Waals surface area (Å²) in [6.45, 7) is 0.846. The number of anilines is 1. The second kappa shape index (κ2) is 4.30. The van der Waals surface area contributed by atoms with E-state index in [2.05, 4.69) is 21.6 Å². The number of nitrogens with zero attached hydrogens (tertiary/aromatic N) is 2. The van der Waals surface area contributed by atoms with Crippen LogP contribution in [0.4, 0.5) is 5.82 Å². The summed E-state index contributed by atoms with van der Waals surface area (Å²) in [6, 6.07) is 7.79. The van der Waals surface area contributed by atoms with Gasteiger partial charge in [-0.3, -0.25) is 5.10 Å². The Labute approximate surface area is 103 Å². The van der Waals surface area contributed by atoms with Crippen molar-refractivity contribution in [3.8, 4) is 17.6 Å². The number of benzene rings is 1. The molecule has 18 heavy (non-hydrogen) atoms. The summed E-state index contributed by atoms with van der Waals surface area (Å²) in [5.74, 6) is 2.13. The summed E-state index contributed by atoms with van der Waals surface area (Å²) in [5, 5.41) is 18.5. The average molecular weight is 242 g/mol. The average Bonchev–Trinajstić information content (AvgIpc) is 3.04. The highest BCUT2D eigenvalue weighted by molar-refractivity contribution is 5.51. The Morgan fingerprint density at radius 1 is 1.39 bits per heavy atom. The van der Waals surface area contributed by atoms with Gasteiger partial charge in [-0.1, -0.05) is 6.07 Å². The lowest BCUT2D eigenvalue weighted by Crippen LogP contribution is -2.01. The van der Waals surface area contributed by atoms with Crippen LogP contribution in [0.15, 0.2) is 24.4 Å². The molecule has 0 radical (unpaired) electrons. The number of aromatic nitrogens is 2. The number of nitrogens with one attached hydrogen (secondary N) is 2. The maximum absolute atomic E-state index is 8.84. The van der Waals surface area contributed by atoms with Gasteiger partial charge in [0.1, 0.15) is 17.5 Å². The standard InChI is InChI=1S/C12H10N4O2/c13-4-9-6-15-16-12(9)14-5-8-1-2-10-11(3-8)18-7-17-10/h1-3,6H,5,7H2,(H2,14,15,16). The second-order valence-electron chi connectivity index (χ2n) is 3.81. The number of hydrogen-bond donors (Lipinski definition) is 2. The number of hydrogen-bond acceptors (Lipinski definition) is 5. The summed E-state index contributed by atoms with van der Waals surface area (Å²) in [6.07, 6.45) is 1.49. The third-order valence-electron chi connectivity index (χ3n) is 2.67. The molecule has 0 fully saturated rings. The zero-order chi connectivity index (χ0) is 12.4. The molecule has 90 valence electrons. The molecule has 0 spiro atoms. The predicted octanol–water partition coefficient (Wildman–Crippen LogP) is 1.62. The summed E-state index contributed by atoms with van der Waals surface area (Å²) in [5.41, 5.74) is 1.54. The van der Waals surface area contributed by atoms with Crippen molar-refractivity contribution < 1.29 is 9.47 Å². The van der Waals surface area contributed by atoms with Gasteiger partial charge in [0, 0.05) is 6.54 Å². The molecular formula is C12H10N4O2. The van der Waals surface area contributed by atoms with Crippen molar-refractivity contribution in [1.29, 1.82) is 5.26 Å². The van der Waals surface area contributed by atoms with Crippen LogP contribution < -0.4 is 14.8 Å². The lowest BCUT2D eigenvalue weighted by molar-refractivity contribution is 0.174. The minimum absolute atomic E-state index is 0.269. The van der Waals surface area contributed by atoms with Gasteiger partial charge in [-0.15, -0.1) is 0 Å². The summed E-state index contributed by atoms with van der Waals surface area (Å²) >= 11 is 0. The molecule has 0 atom stereocenters. The van der Waals surface area contributed by atoms with Gasteiger partial charge >= 0.3 is 0 Å². The first kappa shape index (κ1) is 10.5. The first-order valence-electron chi connectivity index (χ1n) is 5.42. The molecule has 1 aromatic heterocycles. The molecule has 1 aromatic carbocycles. The Morgan fingerprint density at radius 3 is 3.17 bits per heavy atom. The van der Waals surface area contributed by atoms with E-state index in [1.807, 2.05) is 18.2 Å². The van der Waals surface area contributed by atoms with Crippen molar-refractivity contribution >= 4 is 5.82 Å². The summed E-state index contributed by atoms with van der Waals surface area (Å²) < 4.78 is 10.5. The Hall–Kier alpha value is -2.68. The minimum Gasteiger partial charge on any atom is -0.454 e. The van der Waals surface area contributed by atoms with E-state index < -0.39 is 0 Å². The predicted molar refractivity (Wildman–Crippen MR) is 63.2 cm³/mol. The highest BCUT2D eigenvalue weighted by Gasteiger charge is 2.13. The maximum Gasteiger partial charge on any atom is 0.231 e. The van der Waals surface area contributed by atoms with Gasteiger partial charge in [-0.2, -0.15) is 10.4 Å². The van der Waals surface area contributed by atoms with Gasteiger partial charge in [-0.05, 0) is 17.7 Å². The first-order chi connectivity index (χ1) is 8.86. The zero-order valence-electron chi connectivity index (χ0n) is 9.43. The molecule has 0 saturated heterocycles. The Balaban J connectivity index is 1.72. The topological polar surface area (TPSA) is 83.0 Å². The van der Waals surface area contributed by atoms with Gasteiger partial charge in [0.15, 0.2) is 11.5 Å². The normalized spacial score (nSPS) is 12.2. The van der Waals surface area contributed by atoms with Crippen LogP contribution in [0.2, 0.25) is 0 Å². The largest absolute Gasteiger partial charge is 0.454 e. The fourth-order valence-electron chi connectivity index (χ4n) is 1.75. The van der Waals surface area contributed by atoms with Gasteiger partial charge < -0.3 is 14.8 Å². The number of H-pyrrole nitrogens is 1. The monoisotopic (exact) mass is 242 g/mol.